The lowest BCUT2D eigenvalue weighted by molar-refractivity contribution is 1.18. The molecule has 78 valence electrons. The summed E-state index contributed by atoms with van der Waals surface area (Å²) in [5.74, 6) is 0.819. The molecule has 0 atom stereocenters. The molecule has 3 nitrogen and oxygen atoms in total. The number of hydrogen-bond donors (Lipinski definition) is 1. The van der Waals surface area contributed by atoms with Crippen molar-refractivity contribution in [3.8, 4) is 0 Å². The van der Waals surface area contributed by atoms with E-state index in [1.54, 1.807) is 17.7 Å². The van der Waals surface area contributed by atoms with E-state index in [1.807, 2.05) is 6.92 Å². The molecular weight excluding hydrogens is 230 g/mol. The number of fused-ring (bicyclic) bond motifs is 1. The predicted molar refractivity (Wildman–Crippen MR) is 65.6 cm³/mol. The van der Waals surface area contributed by atoms with Gasteiger partial charge in [0.25, 0.3) is 0 Å². The van der Waals surface area contributed by atoms with Crippen molar-refractivity contribution in [1.29, 1.82) is 0 Å². The van der Waals surface area contributed by atoms with Gasteiger partial charge in [-0.25, -0.2) is 9.97 Å². The second-order valence-electron chi connectivity index (χ2n) is 3.19. The average Bonchev–Trinajstić information content (AvgIpc) is 2.58. The number of halogens is 1. The van der Waals surface area contributed by atoms with Gasteiger partial charge in [0.05, 0.1) is 16.8 Å². The minimum absolute atomic E-state index is 0.518. The van der Waals surface area contributed by atoms with Crippen LogP contribution in [0.5, 0.6) is 0 Å². The summed E-state index contributed by atoms with van der Waals surface area (Å²) in [5.41, 5.74) is 2.17. The average molecular weight is 240 g/mol. The Balaban J connectivity index is 2.38. The van der Waals surface area contributed by atoms with Gasteiger partial charge in [0.1, 0.15) is 12.1 Å². The highest BCUT2D eigenvalue weighted by molar-refractivity contribution is 7.18. The number of nitrogens with zero attached hydrogens (tertiary/aromatic N) is 2. The number of anilines is 1. The van der Waals surface area contributed by atoms with Crippen molar-refractivity contribution in [2.75, 3.05) is 11.9 Å². The van der Waals surface area contributed by atoms with Crippen molar-refractivity contribution in [3.05, 3.63) is 28.9 Å². The topological polar surface area (TPSA) is 37.8 Å². The lowest BCUT2D eigenvalue weighted by Gasteiger charge is -2.04. The van der Waals surface area contributed by atoms with Crippen LogP contribution in [0.1, 0.15) is 5.56 Å². The largest absolute Gasteiger partial charge is 0.364 e. The fourth-order valence-corrected chi connectivity index (χ4v) is 2.31. The van der Waals surface area contributed by atoms with Crippen molar-refractivity contribution in [1.82, 2.24) is 9.97 Å². The first kappa shape index (κ1) is 10.4. The molecule has 0 aliphatic carbocycles. The van der Waals surface area contributed by atoms with Crippen LogP contribution in [0.25, 0.3) is 10.2 Å². The zero-order valence-electron chi connectivity index (χ0n) is 8.25. The molecule has 2 rings (SSSR count). The Hall–Kier alpha value is -1.13. The van der Waals surface area contributed by atoms with Crippen molar-refractivity contribution in [2.45, 2.75) is 6.92 Å². The summed E-state index contributed by atoms with van der Waals surface area (Å²) in [6.45, 7) is 6.17. The molecule has 0 spiro atoms. The van der Waals surface area contributed by atoms with Gasteiger partial charge in [-0.3, -0.25) is 0 Å². The zero-order chi connectivity index (χ0) is 10.8. The standard InChI is InChI=1S/C10H10ClN3S/c1-6-4-15-9-8(6)13-5-14-10(9)12-3-7(2)11/h4-5H,2-3H2,1H3,(H,12,13,14). The van der Waals surface area contributed by atoms with Gasteiger partial charge < -0.3 is 5.32 Å². The van der Waals surface area contributed by atoms with Crippen molar-refractivity contribution < 1.29 is 0 Å². The van der Waals surface area contributed by atoms with Crippen LogP contribution < -0.4 is 5.32 Å². The Bertz CT molecular complexity index is 506. The Morgan fingerprint density at radius 1 is 1.60 bits per heavy atom. The van der Waals surface area contributed by atoms with Gasteiger partial charge in [0.15, 0.2) is 0 Å². The molecule has 0 bridgehead atoms. The van der Waals surface area contributed by atoms with Crippen LogP contribution in [-0.4, -0.2) is 16.5 Å². The van der Waals surface area contributed by atoms with Gasteiger partial charge >= 0.3 is 0 Å². The fourth-order valence-electron chi connectivity index (χ4n) is 1.27. The molecule has 2 heterocycles. The van der Waals surface area contributed by atoms with Gasteiger partial charge in [0.2, 0.25) is 0 Å². The molecule has 2 aromatic rings. The van der Waals surface area contributed by atoms with Crippen LogP contribution in [0, 0.1) is 6.92 Å². The van der Waals surface area contributed by atoms with E-state index in [2.05, 4.69) is 27.2 Å². The molecule has 2 aromatic heterocycles. The Labute approximate surface area is 96.8 Å². The molecule has 1 N–H and O–H groups in total. The maximum Gasteiger partial charge on any atom is 0.147 e. The molecular formula is C10H10ClN3S. The SMILES string of the molecule is C=C(Cl)CNc1ncnc2c(C)csc12. The number of aryl methyl sites for hydroxylation is 1. The molecule has 0 fully saturated rings. The molecule has 15 heavy (non-hydrogen) atoms. The van der Waals surface area contributed by atoms with E-state index in [0.717, 1.165) is 16.0 Å². The van der Waals surface area contributed by atoms with E-state index in [4.69, 9.17) is 11.6 Å². The minimum atomic E-state index is 0.518. The molecule has 5 heteroatoms. The van der Waals surface area contributed by atoms with E-state index in [9.17, 15) is 0 Å². The second kappa shape index (κ2) is 4.16. The van der Waals surface area contributed by atoms with E-state index >= 15 is 0 Å². The summed E-state index contributed by atoms with van der Waals surface area (Å²) in [5, 5.41) is 5.76. The van der Waals surface area contributed by atoms with Crippen molar-refractivity contribution >= 4 is 39.0 Å². The van der Waals surface area contributed by atoms with E-state index in [1.165, 1.54) is 5.56 Å². The fraction of sp³-hybridized carbons (Fsp3) is 0.200. The van der Waals surface area contributed by atoms with Crippen LogP contribution in [0.3, 0.4) is 0 Å². The first-order valence-corrected chi connectivity index (χ1v) is 5.70. The number of rotatable bonds is 3. The monoisotopic (exact) mass is 239 g/mol. The maximum atomic E-state index is 5.69. The molecule has 0 aliphatic heterocycles. The highest BCUT2D eigenvalue weighted by atomic mass is 35.5. The first-order valence-electron chi connectivity index (χ1n) is 4.44. The number of nitrogens with one attached hydrogen (secondary N) is 1. The van der Waals surface area contributed by atoms with Crippen molar-refractivity contribution in [3.63, 3.8) is 0 Å². The third kappa shape index (κ3) is 2.11. The van der Waals surface area contributed by atoms with E-state index in [0.29, 0.717) is 11.6 Å². The summed E-state index contributed by atoms with van der Waals surface area (Å²) in [7, 11) is 0. The normalized spacial score (nSPS) is 10.5. The Kier molecular flexibility index (Phi) is 2.88. The smallest absolute Gasteiger partial charge is 0.147 e. The van der Waals surface area contributed by atoms with Crippen LogP contribution >= 0.6 is 22.9 Å². The molecule has 0 amide bonds. The molecule has 0 radical (unpaired) electrons. The zero-order valence-corrected chi connectivity index (χ0v) is 9.82. The first-order chi connectivity index (χ1) is 7.18. The number of hydrogen-bond acceptors (Lipinski definition) is 4. The van der Waals surface area contributed by atoms with Gasteiger partial charge in [-0.1, -0.05) is 18.2 Å². The maximum absolute atomic E-state index is 5.69. The number of aromatic nitrogens is 2. The van der Waals surface area contributed by atoms with Gasteiger partial charge in [-0.05, 0) is 17.9 Å². The predicted octanol–water partition coefficient (Wildman–Crippen LogP) is 3.16. The second-order valence-corrected chi connectivity index (χ2v) is 4.60. The van der Waals surface area contributed by atoms with Gasteiger partial charge in [-0.2, -0.15) is 0 Å². The molecule has 0 aromatic carbocycles. The van der Waals surface area contributed by atoms with Crippen LogP contribution in [0.4, 0.5) is 5.82 Å². The minimum Gasteiger partial charge on any atom is -0.364 e. The third-order valence-electron chi connectivity index (χ3n) is 1.98. The quantitative estimate of drug-likeness (QED) is 0.894. The lowest BCUT2D eigenvalue weighted by Crippen LogP contribution is -2.03. The Morgan fingerprint density at radius 3 is 3.13 bits per heavy atom. The molecule has 0 aliphatic rings. The summed E-state index contributed by atoms with van der Waals surface area (Å²) in [4.78, 5) is 8.41. The lowest BCUT2D eigenvalue weighted by atomic mass is 10.3. The van der Waals surface area contributed by atoms with E-state index in [-0.39, 0.29) is 0 Å². The summed E-state index contributed by atoms with van der Waals surface area (Å²) in [6, 6.07) is 0. The van der Waals surface area contributed by atoms with Gasteiger partial charge in [0, 0.05) is 5.03 Å². The summed E-state index contributed by atoms with van der Waals surface area (Å²) in [6.07, 6.45) is 1.56. The molecule has 0 saturated carbocycles. The highest BCUT2D eigenvalue weighted by Gasteiger charge is 2.07. The molecule has 0 unspecified atom stereocenters. The Morgan fingerprint density at radius 2 is 2.40 bits per heavy atom. The van der Waals surface area contributed by atoms with E-state index < -0.39 is 0 Å². The third-order valence-corrected chi connectivity index (χ3v) is 3.21. The van der Waals surface area contributed by atoms with Crippen LogP contribution in [-0.2, 0) is 0 Å². The summed E-state index contributed by atoms with van der Waals surface area (Å²) < 4.78 is 1.06. The van der Waals surface area contributed by atoms with Crippen LogP contribution in [0.15, 0.2) is 23.3 Å². The molecule has 0 saturated heterocycles. The highest BCUT2D eigenvalue weighted by Crippen LogP contribution is 2.28. The van der Waals surface area contributed by atoms with Gasteiger partial charge in [-0.15, -0.1) is 11.3 Å². The van der Waals surface area contributed by atoms with Crippen LogP contribution in [0.2, 0.25) is 0 Å². The van der Waals surface area contributed by atoms with Crippen molar-refractivity contribution in [2.24, 2.45) is 0 Å². The number of thiophene rings is 1. The summed E-state index contributed by atoms with van der Waals surface area (Å²) >= 11 is 7.32.